The first-order valence-electron chi connectivity index (χ1n) is 8.58. The van der Waals surface area contributed by atoms with Crippen LogP contribution >= 0.6 is 11.6 Å². The SMILES string of the molecule is COc1cccc([C@@H]2Nc3c(C)cc(Cl)cc3[C@@H]3C=CC[C@@H]32)c1OC. The van der Waals surface area contributed by atoms with Crippen molar-refractivity contribution in [1.82, 2.24) is 0 Å². The minimum Gasteiger partial charge on any atom is -0.493 e. The van der Waals surface area contributed by atoms with Gasteiger partial charge in [-0.3, -0.25) is 0 Å². The van der Waals surface area contributed by atoms with E-state index in [0.717, 1.165) is 28.5 Å². The lowest BCUT2D eigenvalue weighted by molar-refractivity contribution is 0.341. The van der Waals surface area contributed by atoms with E-state index in [1.807, 2.05) is 18.2 Å². The fourth-order valence-electron chi connectivity index (χ4n) is 4.31. The van der Waals surface area contributed by atoms with Crippen LogP contribution in [0.4, 0.5) is 5.69 Å². The molecule has 3 nitrogen and oxygen atoms in total. The van der Waals surface area contributed by atoms with Crippen LogP contribution in [0, 0.1) is 12.8 Å². The molecule has 1 aliphatic heterocycles. The van der Waals surface area contributed by atoms with Gasteiger partial charge in [-0.1, -0.05) is 35.9 Å². The van der Waals surface area contributed by atoms with Crippen molar-refractivity contribution >= 4 is 17.3 Å². The molecule has 0 spiro atoms. The van der Waals surface area contributed by atoms with Gasteiger partial charge in [0.1, 0.15) is 0 Å². The van der Waals surface area contributed by atoms with Crippen LogP contribution in [0.15, 0.2) is 42.5 Å². The quantitative estimate of drug-likeness (QED) is 0.738. The summed E-state index contributed by atoms with van der Waals surface area (Å²) in [6, 6.07) is 10.4. The maximum Gasteiger partial charge on any atom is 0.165 e. The number of fused-ring (bicyclic) bond motifs is 3. The van der Waals surface area contributed by atoms with Crippen molar-refractivity contribution in [2.75, 3.05) is 19.5 Å². The van der Waals surface area contributed by atoms with E-state index < -0.39 is 0 Å². The molecule has 0 bridgehead atoms. The third kappa shape index (κ3) is 2.58. The van der Waals surface area contributed by atoms with E-state index in [-0.39, 0.29) is 6.04 Å². The Labute approximate surface area is 153 Å². The smallest absolute Gasteiger partial charge is 0.165 e. The van der Waals surface area contributed by atoms with E-state index >= 15 is 0 Å². The first kappa shape index (κ1) is 16.3. The Kier molecular flexibility index (Phi) is 4.12. The first-order chi connectivity index (χ1) is 12.1. The van der Waals surface area contributed by atoms with Gasteiger partial charge in [0, 0.05) is 22.2 Å². The van der Waals surface area contributed by atoms with Crippen molar-refractivity contribution < 1.29 is 9.47 Å². The third-order valence-electron chi connectivity index (χ3n) is 5.40. The molecular formula is C21H22ClNO2. The lowest BCUT2D eigenvalue weighted by Gasteiger charge is -2.39. The number of halogens is 1. The number of benzene rings is 2. The van der Waals surface area contributed by atoms with E-state index in [0.29, 0.717) is 11.8 Å². The third-order valence-corrected chi connectivity index (χ3v) is 5.62. The van der Waals surface area contributed by atoms with Crippen molar-refractivity contribution in [3.8, 4) is 11.5 Å². The van der Waals surface area contributed by atoms with Crippen LogP contribution in [-0.4, -0.2) is 14.2 Å². The average Bonchev–Trinajstić information content (AvgIpc) is 3.10. The van der Waals surface area contributed by atoms with Crippen LogP contribution in [0.5, 0.6) is 11.5 Å². The molecular weight excluding hydrogens is 334 g/mol. The summed E-state index contributed by atoms with van der Waals surface area (Å²) in [4.78, 5) is 0. The van der Waals surface area contributed by atoms with Crippen LogP contribution in [0.3, 0.4) is 0 Å². The number of ether oxygens (including phenoxy) is 2. The normalized spacial score (nSPS) is 23.6. The molecule has 0 aromatic heterocycles. The zero-order valence-corrected chi connectivity index (χ0v) is 15.4. The number of aryl methyl sites for hydroxylation is 1. The predicted molar refractivity (Wildman–Crippen MR) is 102 cm³/mol. The summed E-state index contributed by atoms with van der Waals surface area (Å²) >= 11 is 6.32. The van der Waals surface area contributed by atoms with Gasteiger partial charge in [-0.25, -0.2) is 0 Å². The standard InChI is InChI=1S/C21H22ClNO2/c1-12-10-13(22)11-17-14-6-4-7-15(14)20(23-19(12)17)16-8-5-9-18(24-2)21(16)25-3/h4-6,8-11,14-15,20,23H,7H2,1-3H3/t14-,15+,20-/m1/s1. The van der Waals surface area contributed by atoms with Crippen molar-refractivity contribution in [2.24, 2.45) is 5.92 Å². The van der Waals surface area contributed by atoms with Crippen LogP contribution in [0.2, 0.25) is 5.02 Å². The minimum absolute atomic E-state index is 0.164. The molecule has 0 amide bonds. The molecule has 130 valence electrons. The molecule has 4 heteroatoms. The van der Waals surface area contributed by atoms with Gasteiger partial charge >= 0.3 is 0 Å². The molecule has 0 saturated carbocycles. The second kappa shape index (κ2) is 6.30. The first-order valence-corrected chi connectivity index (χ1v) is 8.96. The Morgan fingerprint density at radius 1 is 1.12 bits per heavy atom. The fourth-order valence-corrected chi connectivity index (χ4v) is 4.59. The monoisotopic (exact) mass is 355 g/mol. The molecule has 25 heavy (non-hydrogen) atoms. The molecule has 2 aromatic carbocycles. The molecule has 4 rings (SSSR count). The van der Waals surface area contributed by atoms with Gasteiger partial charge in [0.05, 0.1) is 20.3 Å². The second-order valence-corrected chi connectivity index (χ2v) is 7.18. The number of anilines is 1. The molecule has 1 aliphatic carbocycles. The zero-order valence-electron chi connectivity index (χ0n) is 14.7. The number of allylic oxidation sites excluding steroid dienone is 2. The van der Waals surface area contributed by atoms with E-state index in [2.05, 4.69) is 36.5 Å². The Morgan fingerprint density at radius 3 is 2.72 bits per heavy atom. The summed E-state index contributed by atoms with van der Waals surface area (Å²) in [6.45, 7) is 2.11. The lowest BCUT2D eigenvalue weighted by atomic mass is 9.76. The molecule has 0 saturated heterocycles. The van der Waals surface area contributed by atoms with Crippen LogP contribution in [-0.2, 0) is 0 Å². The highest BCUT2D eigenvalue weighted by Crippen LogP contribution is 2.53. The molecule has 0 fully saturated rings. The van der Waals surface area contributed by atoms with Crippen LogP contribution in [0.1, 0.15) is 35.1 Å². The summed E-state index contributed by atoms with van der Waals surface area (Å²) in [6.07, 6.45) is 5.63. The minimum atomic E-state index is 0.164. The molecule has 1 N–H and O–H groups in total. The van der Waals surface area contributed by atoms with Gasteiger partial charge in [0.2, 0.25) is 0 Å². The second-order valence-electron chi connectivity index (χ2n) is 6.75. The summed E-state index contributed by atoms with van der Waals surface area (Å²) in [7, 11) is 3.38. The molecule has 2 aliphatic rings. The topological polar surface area (TPSA) is 30.5 Å². The largest absolute Gasteiger partial charge is 0.493 e. The summed E-state index contributed by atoms with van der Waals surface area (Å²) in [5.74, 6) is 2.38. The Balaban J connectivity index is 1.85. The van der Waals surface area contributed by atoms with Gasteiger partial charge in [0.15, 0.2) is 11.5 Å². The summed E-state index contributed by atoms with van der Waals surface area (Å²) < 4.78 is 11.2. The highest BCUT2D eigenvalue weighted by atomic mass is 35.5. The van der Waals surface area contributed by atoms with Crippen molar-refractivity contribution in [3.63, 3.8) is 0 Å². The van der Waals surface area contributed by atoms with E-state index in [4.69, 9.17) is 21.1 Å². The molecule has 3 atom stereocenters. The molecule has 0 radical (unpaired) electrons. The zero-order chi connectivity index (χ0) is 17.6. The number of hydrogen-bond donors (Lipinski definition) is 1. The predicted octanol–water partition coefficient (Wildman–Crippen LogP) is 5.49. The van der Waals surface area contributed by atoms with Crippen molar-refractivity contribution in [1.29, 1.82) is 0 Å². The maximum atomic E-state index is 6.32. The Bertz CT molecular complexity index is 846. The molecule has 0 unspecified atom stereocenters. The lowest BCUT2D eigenvalue weighted by Crippen LogP contribution is -2.30. The molecule has 1 heterocycles. The Morgan fingerprint density at radius 2 is 1.96 bits per heavy atom. The van der Waals surface area contributed by atoms with Gasteiger partial charge in [-0.05, 0) is 48.6 Å². The summed E-state index contributed by atoms with van der Waals surface area (Å²) in [5, 5.41) is 4.57. The van der Waals surface area contributed by atoms with Gasteiger partial charge in [0.25, 0.3) is 0 Å². The Hall–Kier alpha value is -2.13. The molecule has 2 aromatic rings. The maximum absolute atomic E-state index is 6.32. The number of para-hydroxylation sites is 1. The van der Waals surface area contributed by atoms with Crippen LogP contribution in [0.25, 0.3) is 0 Å². The fraction of sp³-hybridized carbons (Fsp3) is 0.333. The number of hydrogen-bond acceptors (Lipinski definition) is 3. The van der Waals surface area contributed by atoms with Crippen molar-refractivity contribution in [3.05, 3.63) is 64.2 Å². The van der Waals surface area contributed by atoms with Gasteiger partial charge in [-0.15, -0.1) is 0 Å². The number of nitrogens with one attached hydrogen (secondary N) is 1. The highest BCUT2D eigenvalue weighted by molar-refractivity contribution is 6.30. The summed E-state index contributed by atoms with van der Waals surface area (Å²) in [5.41, 5.74) is 4.79. The van der Waals surface area contributed by atoms with Gasteiger partial charge < -0.3 is 14.8 Å². The number of methoxy groups -OCH3 is 2. The van der Waals surface area contributed by atoms with Gasteiger partial charge in [-0.2, -0.15) is 0 Å². The van der Waals surface area contributed by atoms with E-state index in [1.165, 1.54) is 16.8 Å². The highest BCUT2D eigenvalue weighted by Gasteiger charge is 2.40. The average molecular weight is 356 g/mol. The van der Waals surface area contributed by atoms with Crippen molar-refractivity contribution in [2.45, 2.75) is 25.3 Å². The number of rotatable bonds is 3. The van der Waals surface area contributed by atoms with E-state index in [9.17, 15) is 0 Å². The van der Waals surface area contributed by atoms with Crippen LogP contribution < -0.4 is 14.8 Å². The van der Waals surface area contributed by atoms with E-state index in [1.54, 1.807) is 14.2 Å².